The lowest BCUT2D eigenvalue weighted by molar-refractivity contribution is 0.0957. The Kier molecular flexibility index (Phi) is 4.51. The van der Waals surface area contributed by atoms with Gasteiger partial charge in [0.2, 0.25) is 0 Å². The molecule has 0 bridgehead atoms. The Hall–Kier alpha value is -2.44. The number of hydrogen-bond acceptors (Lipinski definition) is 3. The molecule has 0 fully saturated rings. The van der Waals surface area contributed by atoms with Gasteiger partial charge in [-0.15, -0.1) is 11.3 Å². The number of carbonyl (C=O) groups excluding carboxylic acids is 1. The van der Waals surface area contributed by atoms with Gasteiger partial charge in [0.05, 0.1) is 11.3 Å². The van der Waals surface area contributed by atoms with Crippen LogP contribution in [0.25, 0.3) is 10.1 Å². The van der Waals surface area contributed by atoms with E-state index in [4.69, 9.17) is 18.0 Å². The van der Waals surface area contributed by atoms with Crippen molar-refractivity contribution in [1.82, 2.24) is 5.43 Å². The summed E-state index contributed by atoms with van der Waals surface area (Å²) in [6.07, 6.45) is 0. The zero-order valence-electron chi connectivity index (χ0n) is 13.4. The van der Waals surface area contributed by atoms with Crippen molar-refractivity contribution in [1.29, 1.82) is 0 Å². The number of thiocarbonyl (C=S) groups is 1. The van der Waals surface area contributed by atoms with Crippen molar-refractivity contribution in [2.45, 2.75) is 13.8 Å². The highest BCUT2D eigenvalue weighted by atomic mass is 32.1. The van der Waals surface area contributed by atoms with E-state index in [0.29, 0.717) is 5.56 Å². The fraction of sp³-hybridized carbons (Fsp3) is 0.111. The Morgan fingerprint density at radius 3 is 2.71 bits per heavy atom. The lowest BCUT2D eigenvalue weighted by atomic mass is 10.1. The van der Waals surface area contributed by atoms with Gasteiger partial charge >= 0.3 is 0 Å². The van der Waals surface area contributed by atoms with Gasteiger partial charge in [-0.1, -0.05) is 30.3 Å². The molecule has 0 spiro atoms. The zero-order chi connectivity index (χ0) is 17.3. The predicted octanol–water partition coefficient (Wildman–Crippen LogP) is 3.91. The average Bonchev–Trinajstić information content (AvgIpc) is 2.99. The van der Waals surface area contributed by atoms with E-state index in [9.17, 15) is 4.79 Å². The number of hydrazine groups is 1. The molecule has 6 heteroatoms. The van der Waals surface area contributed by atoms with E-state index in [2.05, 4.69) is 5.43 Å². The number of rotatable bonds is 2. The second-order valence-corrected chi connectivity index (χ2v) is 6.88. The smallest absolute Gasteiger partial charge is 0.271 e. The van der Waals surface area contributed by atoms with Crippen LogP contribution in [0.15, 0.2) is 47.8 Å². The van der Waals surface area contributed by atoms with Crippen LogP contribution in [0.2, 0.25) is 0 Å². The molecule has 24 heavy (non-hydrogen) atoms. The topological polar surface area (TPSA) is 58.4 Å². The number of thiophene rings is 1. The quantitative estimate of drug-likeness (QED) is 0.540. The minimum atomic E-state index is -0.235. The largest absolute Gasteiger partial charge is 0.374 e. The molecule has 0 atom stereocenters. The van der Waals surface area contributed by atoms with E-state index in [1.807, 2.05) is 61.7 Å². The molecule has 1 aromatic heterocycles. The molecular formula is C18H17N3OS2. The summed E-state index contributed by atoms with van der Waals surface area (Å²) in [5, 5.41) is 4.33. The second-order valence-electron chi connectivity index (χ2n) is 5.55. The maximum atomic E-state index is 12.7. The molecule has 0 saturated carbocycles. The minimum absolute atomic E-state index is 0.0941. The summed E-state index contributed by atoms with van der Waals surface area (Å²) in [4.78, 5) is 12.7. The molecule has 0 aliphatic heterocycles. The Bertz CT molecular complexity index is 933. The van der Waals surface area contributed by atoms with Crippen molar-refractivity contribution in [2.24, 2.45) is 5.73 Å². The van der Waals surface area contributed by atoms with Crippen molar-refractivity contribution in [3.63, 3.8) is 0 Å². The van der Waals surface area contributed by atoms with Gasteiger partial charge in [0, 0.05) is 15.5 Å². The summed E-state index contributed by atoms with van der Waals surface area (Å²) in [6, 6.07) is 13.7. The molecule has 1 amide bonds. The van der Waals surface area contributed by atoms with Crippen LogP contribution in [0.4, 0.5) is 5.69 Å². The van der Waals surface area contributed by atoms with Gasteiger partial charge in [0.15, 0.2) is 5.11 Å². The number of aryl methyl sites for hydroxylation is 2. The lowest BCUT2D eigenvalue weighted by Gasteiger charge is -2.25. The third-order valence-electron chi connectivity index (χ3n) is 3.76. The van der Waals surface area contributed by atoms with Crippen molar-refractivity contribution in [2.75, 3.05) is 5.01 Å². The van der Waals surface area contributed by atoms with Crippen LogP contribution in [-0.2, 0) is 0 Å². The van der Waals surface area contributed by atoms with Crippen LogP contribution < -0.4 is 16.2 Å². The van der Waals surface area contributed by atoms with E-state index in [1.165, 1.54) is 16.3 Å². The predicted molar refractivity (Wildman–Crippen MR) is 104 cm³/mol. The number of carbonyl (C=O) groups is 1. The van der Waals surface area contributed by atoms with Gasteiger partial charge < -0.3 is 5.73 Å². The molecule has 3 N–H and O–H groups in total. The zero-order valence-corrected chi connectivity index (χ0v) is 15.0. The molecule has 0 unspecified atom stereocenters. The Labute approximate surface area is 149 Å². The Balaban J connectivity index is 1.95. The first kappa shape index (κ1) is 16.4. The maximum absolute atomic E-state index is 12.7. The Morgan fingerprint density at radius 2 is 1.96 bits per heavy atom. The van der Waals surface area contributed by atoms with Crippen LogP contribution in [0.3, 0.4) is 0 Å². The summed E-state index contributed by atoms with van der Waals surface area (Å²) in [7, 11) is 0. The number of hydrogen-bond donors (Lipinski definition) is 2. The van der Waals surface area contributed by atoms with E-state index >= 15 is 0 Å². The van der Waals surface area contributed by atoms with Crippen LogP contribution >= 0.6 is 23.6 Å². The Morgan fingerprint density at radius 1 is 1.21 bits per heavy atom. The molecule has 1 heterocycles. The summed E-state index contributed by atoms with van der Waals surface area (Å²) in [6.45, 7) is 3.93. The summed E-state index contributed by atoms with van der Waals surface area (Å²) < 4.78 is 1.07. The lowest BCUT2D eigenvalue weighted by Crippen LogP contribution is -2.49. The average molecular weight is 355 g/mol. The standard InChI is InChI=1S/C18H17N3OS2/c1-11-7-8-12(2)15(9-11)21(18(19)23)20-17(22)14-10-24-16-6-4-3-5-13(14)16/h3-10H,1-2H3,(H2,19,23)(H,20,22). The van der Waals surface area contributed by atoms with Gasteiger partial charge in [-0.25, -0.2) is 5.01 Å². The van der Waals surface area contributed by atoms with Crippen molar-refractivity contribution < 1.29 is 4.79 Å². The first-order chi connectivity index (χ1) is 11.5. The third kappa shape index (κ3) is 3.11. The van der Waals surface area contributed by atoms with Crippen molar-refractivity contribution >= 4 is 50.3 Å². The second kappa shape index (κ2) is 6.59. The van der Waals surface area contributed by atoms with Crippen molar-refractivity contribution in [3.8, 4) is 0 Å². The van der Waals surface area contributed by atoms with Gasteiger partial charge in [0.1, 0.15) is 0 Å². The number of nitrogens with zero attached hydrogens (tertiary/aromatic N) is 1. The molecule has 3 rings (SSSR count). The molecule has 2 aromatic carbocycles. The monoisotopic (exact) mass is 355 g/mol. The number of benzene rings is 2. The summed E-state index contributed by atoms with van der Waals surface area (Å²) in [5.74, 6) is -0.235. The first-order valence-electron chi connectivity index (χ1n) is 7.41. The minimum Gasteiger partial charge on any atom is -0.374 e. The van der Waals surface area contributed by atoms with Crippen LogP contribution in [0, 0.1) is 13.8 Å². The maximum Gasteiger partial charge on any atom is 0.271 e. The number of fused-ring (bicyclic) bond motifs is 1. The fourth-order valence-electron chi connectivity index (χ4n) is 2.51. The molecular weight excluding hydrogens is 338 g/mol. The van der Waals surface area contributed by atoms with Crippen LogP contribution in [-0.4, -0.2) is 11.0 Å². The van der Waals surface area contributed by atoms with Gasteiger partial charge in [-0.05, 0) is 49.3 Å². The van der Waals surface area contributed by atoms with E-state index in [0.717, 1.165) is 26.9 Å². The first-order valence-corrected chi connectivity index (χ1v) is 8.70. The molecule has 0 aliphatic carbocycles. The van der Waals surface area contributed by atoms with Gasteiger partial charge in [-0.2, -0.15) is 0 Å². The molecule has 3 aromatic rings. The van der Waals surface area contributed by atoms with Crippen LogP contribution in [0.1, 0.15) is 21.5 Å². The normalized spacial score (nSPS) is 10.6. The fourth-order valence-corrected chi connectivity index (χ4v) is 3.59. The summed E-state index contributed by atoms with van der Waals surface area (Å²) >= 11 is 6.67. The van der Waals surface area contributed by atoms with E-state index in [-0.39, 0.29) is 11.0 Å². The number of amides is 1. The SMILES string of the molecule is Cc1ccc(C)c(N(NC(=O)c2csc3ccccc23)C(N)=S)c1. The highest BCUT2D eigenvalue weighted by Gasteiger charge is 2.18. The number of nitrogens with two attached hydrogens (primary N) is 1. The molecule has 0 radical (unpaired) electrons. The molecule has 4 nitrogen and oxygen atoms in total. The third-order valence-corrected chi connectivity index (χ3v) is 4.91. The highest BCUT2D eigenvalue weighted by molar-refractivity contribution is 7.80. The van der Waals surface area contributed by atoms with E-state index in [1.54, 1.807) is 0 Å². The number of anilines is 1. The van der Waals surface area contributed by atoms with Gasteiger partial charge in [0.25, 0.3) is 5.91 Å². The molecule has 0 aliphatic rings. The van der Waals surface area contributed by atoms with Gasteiger partial charge in [-0.3, -0.25) is 10.2 Å². The highest BCUT2D eigenvalue weighted by Crippen LogP contribution is 2.26. The molecule has 122 valence electrons. The van der Waals surface area contributed by atoms with E-state index < -0.39 is 0 Å². The van der Waals surface area contributed by atoms with Crippen LogP contribution in [0.5, 0.6) is 0 Å². The summed E-state index contributed by atoms with van der Waals surface area (Å²) in [5.41, 5.74) is 12.1. The molecule has 0 saturated heterocycles. The number of nitrogens with one attached hydrogen (secondary N) is 1. The van der Waals surface area contributed by atoms with Crippen molar-refractivity contribution in [3.05, 3.63) is 64.5 Å².